The van der Waals surface area contributed by atoms with Gasteiger partial charge in [0.2, 0.25) is 0 Å². The van der Waals surface area contributed by atoms with Crippen molar-refractivity contribution >= 4 is 23.4 Å². The molecule has 0 radical (unpaired) electrons. The molecular formula is C17H18N2O4S. The predicted octanol–water partition coefficient (Wildman–Crippen LogP) is 3.56. The fourth-order valence-electron chi connectivity index (χ4n) is 2.28. The largest absolute Gasteiger partial charge is 0.495 e. The van der Waals surface area contributed by atoms with Crippen molar-refractivity contribution in [1.29, 1.82) is 0 Å². The van der Waals surface area contributed by atoms with Crippen molar-refractivity contribution in [2.75, 3.05) is 13.4 Å². The summed E-state index contributed by atoms with van der Waals surface area (Å²) in [7, 11) is 1.44. The van der Waals surface area contributed by atoms with Crippen LogP contribution in [0.4, 0.5) is 5.69 Å². The molecule has 2 aromatic rings. The maximum absolute atomic E-state index is 12.5. The fourth-order valence-corrected chi connectivity index (χ4v) is 2.86. The Balaban J connectivity index is 2.30. The van der Waals surface area contributed by atoms with Crippen molar-refractivity contribution in [3.63, 3.8) is 0 Å². The Morgan fingerprint density at radius 2 is 2.04 bits per heavy atom. The lowest BCUT2D eigenvalue weighted by molar-refractivity contribution is -0.385. The molecule has 0 aromatic heterocycles. The molecular weight excluding hydrogens is 328 g/mol. The average molecular weight is 346 g/mol. The number of nitrogens with one attached hydrogen (secondary N) is 1. The molecule has 7 heteroatoms. The number of methoxy groups -OCH3 is 1. The number of hydrogen-bond donors (Lipinski definition) is 1. The number of nitro benzene ring substituents is 1. The van der Waals surface area contributed by atoms with E-state index in [1.54, 1.807) is 0 Å². The van der Waals surface area contributed by atoms with Gasteiger partial charge in [-0.25, -0.2) is 0 Å². The number of aryl methyl sites for hydroxylation is 1. The van der Waals surface area contributed by atoms with Gasteiger partial charge in [0, 0.05) is 6.54 Å². The number of amides is 1. The molecule has 0 unspecified atom stereocenters. The highest BCUT2D eigenvalue weighted by molar-refractivity contribution is 7.98. The lowest BCUT2D eigenvalue weighted by Gasteiger charge is -2.11. The number of nitro groups is 1. The molecule has 24 heavy (non-hydrogen) atoms. The van der Waals surface area contributed by atoms with Crippen LogP contribution < -0.4 is 10.1 Å². The van der Waals surface area contributed by atoms with Gasteiger partial charge in [0.25, 0.3) is 11.6 Å². The molecule has 6 nitrogen and oxygen atoms in total. The van der Waals surface area contributed by atoms with Crippen molar-refractivity contribution in [2.24, 2.45) is 0 Å². The summed E-state index contributed by atoms with van der Waals surface area (Å²) in [5, 5.41) is 14.0. The van der Waals surface area contributed by atoms with E-state index in [1.807, 2.05) is 37.4 Å². The zero-order valence-electron chi connectivity index (χ0n) is 13.7. The molecule has 0 heterocycles. The van der Waals surface area contributed by atoms with E-state index in [-0.39, 0.29) is 11.3 Å². The number of carbonyl (C=O) groups is 1. The SMILES string of the molecule is COc1cc([N+](=O)[O-])c(C(=O)NCc2ccccc2C)cc1SC. The van der Waals surface area contributed by atoms with E-state index >= 15 is 0 Å². The second kappa shape index (κ2) is 7.83. The molecule has 0 fully saturated rings. The second-order valence-corrected chi connectivity index (χ2v) is 5.94. The summed E-state index contributed by atoms with van der Waals surface area (Å²) < 4.78 is 5.15. The van der Waals surface area contributed by atoms with Crippen LogP contribution >= 0.6 is 11.8 Å². The van der Waals surface area contributed by atoms with Crippen molar-refractivity contribution in [1.82, 2.24) is 5.32 Å². The molecule has 1 amide bonds. The smallest absolute Gasteiger partial charge is 0.285 e. The van der Waals surface area contributed by atoms with Crippen molar-refractivity contribution in [3.8, 4) is 5.75 Å². The number of thioether (sulfide) groups is 1. The summed E-state index contributed by atoms with van der Waals surface area (Å²) in [4.78, 5) is 23.8. The van der Waals surface area contributed by atoms with Gasteiger partial charge in [-0.3, -0.25) is 14.9 Å². The Kier molecular flexibility index (Phi) is 5.81. The highest BCUT2D eigenvalue weighted by atomic mass is 32.2. The summed E-state index contributed by atoms with van der Waals surface area (Å²) in [6, 6.07) is 10.4. The highest BCUT2D eigenvalue weighted by Gasteiger charge is 2.23. The monoisotopic (exact) mass is 346 g/mol. The minimum atomic E-state index is -0.574. The molecule has 2 rings (SSSR count). The van der Waals surface area contributed by atoms with Gasteiger partial charge < -0.3 is 10.1 Å². The van der Waals surface area contributed by atoms with Crippen LogP contribution in [0.15, 0.2) is 41.3 Å². The van der Waals surface area contributed by atoms with E-state index in [0.717, 1.165) is 11.1 Å². The Morgan fingerprint density at radius 3 is 2.62 bits per heavy atom. The Hall–Kier alpha value is -2.54. The third-order valence-electron chi connectivity index (χ3n) is 3.64. The molecule has 0 bridgehead atoms. The zero-order valence-corrected chi connectivity index (χ0v) is 14.5. The van der Waals surface area contributed by atoms with Crippen LogP contribution in [0.25, 0.3) is 0 Å². The maximum atomic E-state index is 12.5. The lowest BCUT2D eigenvalue weighted by Crippen LogP contribution is -2.24. The molecule has 2 aromatic carbocycles. The highest BCUT2D eigenvalue weighted by Crippen LogP contribution is 2.34. The van der Waals surface area contributed by atoms with Gasteiger partial charge in [0.1, 0.15) is 11.3 Å². The summed E-state index contributed by atoms with van der Waals surface area (Å²) in [6.45, 7) is 2.26. The molecule has 0 aliphatic heterocycles. The zero-order chi connectivity index (χ0) is 17.7. The second-order valence-electron chi connectivity index (χ2n) is 5.09. The molecule has 0 saturated carbocycles. The van der Waals surface area contributed by atoms with Gasteiger partial charge in [-0.2, -0.15) is 0 Å². The van der Waals surface area contributed by atoms with Gasteiger partial charge in [0.05, 0.1) is 23.0 Å². The first-order chi connectivity index (χ1) is 11.5. The van der Waals surface area contributed by atoms with Crippen molar-refractivity contribution in [3.05, 3.63) is 63.2 Å². The number of hydrogen-bond acceptors (Lipinski definition) is 5. The third-order valence-corrected chi connectivity index (χ3v) is 4.40. The van der Waals surface area contributed by atoms with Crippen LogP contribution in [0.5, 0.6) is 5.75 Å². The van der Waals surface area contributed by atoms with Crippen LogP contribution in [-0.2, 0) is 6.54 Å². The number of rotatable bonds is 6. The van der Waals surface area contributed by atoms with Crippen molar-refractivity contribution in [2.45, 2.75) is 18.4 Å². The minimum Gasteiger partial charge on any atom is -0.495 e. The van der Waals surface area contributed by atoms with Crippen LogP contribution in [0, 0.1) is 17.0 Å². The van der Waals surface area contributed by atoms with Gasteiger partial charge in [-0.15, -0.1) is 11.8 Å². The first kappa shape index (κ1) is 17.8. The van der Waals surface area contributed by atoms with E-state index < -0.39 is 10.8 Å². The summed E-state index contributed by atoms with van der Waals surface area (Å²) >= 11 is 1.36. The fraction of sp³-hybridized carbons (Fsp3) is 0.235. The predicted molar refractivity (Wildman–Crippen MR) is 93.8 cm³/mol. The Bertz CT molecular complexity index is 777. The van der Waals surface area contributed by atoms with Crippen LogP contribution in [0.2, 0.25) is 0 Å². The van der Waals surface area contributed by atoms with Crippen LogP contribution in [0.1, 0.15) is 21.5 Å². The molecule has 0 aliphatic rings. The van der Waals surface area contributed by atoms with E-state index in [2.05, 4.69) is 5.32 Å². The standard InChI is InChI=1S/C17H18N2O4S/c1-11-6-4-5-7-12(11)10-18-17(20)13-8-16(24-3)15(23-2)9-14(13)19(21)22/h4-9H,10H2,1-3H3,(H,18,20). The molecule has 0 saturated heterocycles. The molecule has 1 N–H and O–H groups in total. The van der Waals surface area contributed by atoms with Gasteiger partial charge in [-0.05, 0) is 30.4 Å². The van der Waals surface area contributed by atoms with Gasteiger partial charge in [0.15, 0.2) is 0 Å². The number of benzene rings is 2. The summed E-state index contributed by atoms with van der Waals surface area (Å²) in [5.41, 5.74) is 1.77. The average Bonchev–Trinajstić information content (AvgIpc) is 2.59. The lowest BCUT2D eigenvalue weighted by atomic mass is 10.1. The first-order valence-electron chi connectivity index (χ1n) is 7.21. The Morgan fingerprint density at radius 1 is 1.33 bits per heavy atom. The summed E-state index contributed by atoms with van der Waals surface area (Å²) in [5.74, 6) is -0.104. The Labute approximate surface area is 144 Å². The van der Waals surface area contributed by atoms with Gasteiger partial charge in [-0.1, -0.05) is 24.3 Å². The molecule has 126 valence electrons. The van der Waals surface area contributed by atoms with E-state index in [0.29, 0.717) is 17.2 Å². The maximum Gasteiger partial charge on any atom is 0.285 e. The number of ether oxygens (including phenoxy) is 1. The quantitative estimate of drug-likeness (QED) is 0.491. The molecule has 0 spiro atoms. The van der Waals surface area contributed by atoms with Crippen molar-refractivity contribution < 1.29 is 14.5 Å². The molecule has 0 aliphatic carbocycles. The third kappa shape index (κ3) is 3.86. The number of nitrogens with zero attached hydrogens (tertiary/aromatic N) is 1. The van der Waals surface area contributed by atoms with Crippen LogP contribution in [-0.4, -0.2) is 24.2 Å². The summed E-state index contributed by atoms with van der Waals surface area (Å²) in [6.07, 6.45) is 1.82. The number of carbonyl (C=O) groups excluding carboxylic acids is 1. The van der Waals surface area contributed by atoms with E-state index in [1.165, 1.54) is 31.0 Å². The molecule has 0 atom stereocenters. The van der Waals surface area contributed by atoms with E-state index in [9.17, 15) is 14.9 Å². The van der Waals surface area contributed by atoms with E-state index in [4.69, 9.17) is 4.74 Å². The van der Waals surface area contributed by atoms with Gasteiger partial charge >= 0.3 is 0 Å². The first-order valence-corrected chi connectivity index (χ1v) is 8.43. The van der Waals surface area contributed by atoms with Crippen LogP contribution in [0.3, 0.4) is 0 Å². The topological polar surface area (TPSA) is 81.5 Å². The normalized spacial score (nSPS) is 10.3. The minimum absolute atomic E-state index is 0.0266.